The molecule has 0 aromatic heterocycles. The molecule has 3 aromatic carbocycles. The van der Waals surface area contributed by atoms with E-state index in [4.69, 9.17) is 4.74 Å². The summed E-state index contributed by atoms with van der Waals surface area (Å²) in [7, 11) is 0. The Hall–Kier alpha value is -3.18. The second-order valence-corrected chi connectivity index (χ2v) is 10.2. The maximum absolute atomic E-state index is 9.87. The number of phenols is 1. The highest BCUT2D eigenvalue weighted by Crippen LogP contribution is 2.35. The molecule has 5 nitrogen and oxygen atoms in total. The minimum Gasteiger partial charge on any atom is -0.508 e. The van der Waals surface area contributed by atoms with Crippen molar-refractivity contribution in [3.63, 3.8) is 0 Å². The number of likely N-dealkylation sites (tertiary alicyclic amines) is 1. The Kier molecular flexibility index (Phi) is 7.66. The number of aromatic hydroxyl groups is 1. The Labute approximate surface area is 215 Å². The number of aryl methyl sites for hydroxylation is 1. The Morgan fingerprint density at radius 1 is 0.917 bits per heavy atom. The van der Waals surface area contributed by atoms with Crippen molar-refractivity contribution in [1.82, 2.24) is 4.90 Å². The van der Waals surface area contributed by atoms with Gasteiger partial charge in [0.15, 0.2) is 0 Å². The first-order chi connectivity index (χ1) is 17.6. The van der Waals surface area contributed by atoms with Gasteiger partial charge in [-0.25, -0.2) is 0 Å². The normalized spacial score (nSPS) is 15.7. The van der Waals surface area contributed by atoms with Crippen LogP contribution in [0.5, 0.6) is 11.5 Å². The number of rotatable bonds is 9. The number of phenolic OH excluding ortho intramolecular Hbond substituents is 1. The van der Waals surface area contributed by atoms with Crippen LogP contribution >= 0.6 is 0 Å². The predicted octanol–water partition coefficient (Wildman–Crippen LogP) is 5.76. The highest BCUT2D eigenvalue weighted by atomic mass is 16.5. The largest absolute Gasteiger partial charge is 0.508 e. The number of hydrogen-bond donors (Lipinski definition) is 1. The zero-order valence-electron chi connectivity index (χ0n) is 21.7. The fourth-order valence-corrected chi connectivity index (χ4v) is 5.48. The van der Waals surface area contributed by atoms with Gasteiger partial charge in [0.25, 0.3) is 0 Å². The van der Waals surface area contributed by atoms with Crippen LogP contribution in [0.1, 0.15) is 42.0 Å². The number of anilines is 2. The smallest absolute Gasteiger partial charge is 0.119 e. The van der Waals surface area contributed by atoms with Crippen molar-refractivity contribution in [3.05, 3.63) is 82.9 Å². The van der Waals surface area contributed by atoms with Crippen molar-refractivity contribution in [2.45, 2.75) is 46.2 Å². The first kappa shape index (κ1) is 24.5. The third kappa shape index (κ3) is 5.79. The Bertz CT molecular complexity index is 1150. The lowest BCUT2D eigenvalue weighted by Crippen LogP contribution is -2.32. The molecule has 1 saturated heterocycles. The van der Waals surface area contributed by atoms with E-state index in [1.165, 1.54) is 59.6 Å². The molecule has 0 unspecified atom stereocenters. The minimum atomic E-state index is 0.360. The Morgan fingerprint density at radius 2 is 1.72 bits per heavy atom. The first-order valence-electron chi connectivity index (χ1n) is 13.4. The van der Waals surface area contributed by atoms with Gasteiger partial charge in [-0.05, 0) is 105 Å². The minimum absolute atomic E-state index is 0.360. The lowest BCUT2D eigenvalue weighted by Gasteiger charge is -2.35. The van der Waals surface area contributed by atoms with Crippen molar-refractivity contribution >= 4 is 11.4 Å². The van der Waals surface area contributed by atoms with Crippen molar-refractivity contribution in [3.8, 4) is 11.5 Å². The molecule has 5 heteroatoms. The van der Waals surface area contributed by atoms with Gasteiger partial charge in [-0.15, -0.1) is 0 Å². The van der Waals surface area contributed by atoms with Gasteiger partial charge < -0.3 is 19.6 Å². The van der Waals surface area contributed by atoms with Gasteiger partial charge in [0.05, 0.1) is 11.4 Å². The molecule has 2 aliphatic rings. The zero-order valence-corrected chi connectivity index (χ0v) is 21.7. The second-order valence-electron chi connectivity index (χ2n) is 10.2. The quantitative estimate of drug-likeness (QED) is 0.417. The molecule has 190 valence electrons. The summed E-state index contributed by atoms with van der Waals surface area (Å²) in [6.45, 7) is 12.2. The van der Waals surface area contributed by atoms with Crippen LogP contribution in [-0.2, 0) is 19.5 Å². The van der Waals surface area contributed by atoms with E-state index in [-0.39, 0.29) is 0 Å². The molecule has 5 rings (SSSR count). The van der Waals surface area contributed by atoms with E-state index in [0.29, 0.717) is 5.75 Å². The first-order valence-corrected chi connectivity index (χ1v) is 13.4. The lowest BCUT2D eigenvalue weighted by molar-refractivity contribution is 0.238. The molecule has 0 spiro atoms. The number of ether oxygens (including phenoxy) is 1. The molecular weight excluding hydrogens is 446 g/mol. The summed E-state index contributed by atoms with van der Waals surface area (Å²) in [4.78, 5) is 7.43. The van der Waals surface area contributed by atoms with Crippen LogP contribution in [0.2, 0.25) is 0 Å². The number of fused-ring (bicyclic) bond motifs is 1. The summed E-state index contributed by atoms with van der Waals surface area (Å²) >= 11 is 0. The molecule has 0 radical (unpaired) electrons. The third-order valence-electron chi connectivity index (χ3n) is 7.57. The van der Waals surface area contributed by atoms with Crippen LogP contribution in [0.25, 0.3) is 0 Å². The number of hydrogen-bond acceptors (Lipinski definition) is 5. The average molecular weight is 486 g/mol. The van der Waals surface area contributed by atoms with E-state index in [1.54, 1.807) is 6.07 Å². The molecule has 3 aromatic rings. The van der Waals surface area contributed by atoms with Crippen molar-refractivity contribution in [2.24, 2.45) is 0 Å². The number of benzene rings is 3. The van der Waals surface area contributed by atoms with E-state index in [1.807, 2.05) is 6.07 Å². The third-order valence-corrected chi connectivity index (χ3v) is 7.57. The molecule has 36 heavy (non-hydrogen) atoms. The fraction of sp³-hybridized carbons (Fsp3) is 0.419. The van der Waals surface area contributed by atoms with Crippen molar-refractivity contribution < 1.29 is 9.84 Å². The number of nitrogens with zero attached hydrogens (tertiary/aromatic N) is 3. The molecule has 0 amide bonds. The molecule has 0 atom stereocenters. The highest BCUT2D eigenvalue weighted by Gasteiger charge is 2.21. The summed E-state index contributed by atoms with van der Waals surface area (Å²) in [6, 6.07) is 21.2. The van der Waals surface area contributed by atoms with Crippen molar-refractivity contribution in [1.29, 1.82) is 0 Å². The highest BCUT2D eigenvalue weighted by molar-refractivity contribution is 5.73. The zero-order chi connectivity index (χ0) is 24.9. The van der Waals surface area contributed by atoms with E-state index >= 15 is 0 Å². The summed E-state index contributed by atoms with van der Waals surface area (Å²) in [6.07, 6.45) is 3.59. The van der Waals surface area contributed by atoms with Gasteiger partial charge >= 0.3 is 0 Å². The van der Waals surface area contributed by atoms with E-state index in [2.05, 4.69) is 77.1 Å². The summed E-state index contributed by atoms with van der Waals surface area (Å²) in [5.41, 5.74) is 7.68. The predicted molar refractivity (Wildman–Crippen MR) is 148 cm³/mol. The fourth-order valence-electron chi connectivity index (χ4n) is 5.48. The van der Waals surface area contributed by atoms with Gasteiger partial charge in [-0.1, -0.05) is 24.3 Å². The van der Waals surface area contributed by atoms with E-state index in [0.717, 1.165) is 51.5 Å². The Morgan fingerprint density at radius 3 is 2.50 bits per heavy atom. The summed E-state index contributed by atoms with van der Waals surface area (Å²) < 4.78 is 6.01. The average Bonchev–Trinajstić information content (AvgIpc) is 3.41. The molecule has 0 saturated carbocycles. The molecular formula is C31H39N3O2. The Balaban J connectivity index is 1.27. The van der Waals surface area contributed by atoms with Crippen molar-refractivity contribution in [2.75, 3.05) is 49.1 Å². The SMILES string of the molecule is CCN(Cc1ccc(OCCN2CCCC2)cc1)c1cc(C)ccc1N1CCc2cc(O)ccc2C1. The van der Waals surface area contributed by atoms with Crippen LogP contribution in [0, 0.1) is 6.92 Å². The van der Waals surface area contributed by atoms with Crippen LogP contribution in [0.15, 0.2) is 60.7 Å². The lowest BCUT2D eigenvalue weighted by atomic mass is 9.98. The van der Waals surface area contributed by atoms with Gasteiger partial charge in [0.1, 0.15) is 18.1 Å². The van der Waals surface area contributed by atoms with Crippen LogP contribution in [0.3, 0.4) is 0 Å². The maximum atomic E-state index is 9.87. The molecule has 0 aliphatic carbocycles. The van der Waals surface area contributed by atoms with Gasteiger partial charge in [-0.3, -0.25) is 4.90 Å². The summed E-state index contributed by atoms with van der Waals surface area (Å²) in [5.74, 6) is 1.31. The van der Waals surface area contributed by atoms with Gasteiger partial charge in [0, 0.05) is 32.7 Å². The van der Waals surface area contributed by atoms with Gasteiger partial charge in [0.2, 0.25) is 0 Å². The van der Waals surface area contributed by atoms with Crippen LogP contribution in [0.4, 0.5) is 11.4 Å². The van der Waals surface area contributed by atoms with Crippen LogP contribution < -0.4 is 14.5 Å². The molecule has 1 N–H and O–H groups in total. The monoisotopic (exact) mass is 485 g/mol. The standard InChI is InChI=1S/C31H39N3O2/c1-3-33(22-25-7-11-29(12-8-25)36-19-18-32-15-4-5-16-32)31-20-24(2)6-13-30(31)34-17-14-26-21-28(35)10-9-27(26)23-34/h6-13,20-21,35H,3-5,14-19,22-23H2,1-2H3. The molecule has 2 heterocycles. The van der Waals surface area contributed by atoms with E-state index < -0.39 is 0 Å². The molecule has 1 fully saturated rings. The molecule has 2 aliphatic heterocycles. The second kappa shape index (κ2) is 11.3. The summed E-state index contributed by atoms with van der Waals surface area (Å²) in [5, 5.41) is 9.87. The maximum Gasteiger partial charge on any atom is 0.119 e. The van der Waals surface area contributed by atoms with E-state index in [9.17, 15) is 5.11 Å². The topological polar surface area (TPSA) is 39.2 Å². The molecule has 0 bridgehead atoms. The van der Waals surface area contributed by atoms with Gasteiger partial charge in [-0.2, -0.15) is 0 Å². The van der Waals surface area contributed by atoms with Crippen LogP contribution in [-0.4, -0.2) is 49.3 Å².